The molecule has 0 amide bonds. The van der Waals surface area contributed by atoms with Crippen molar-refractivity contribution in [1.29, 1.82) is 0 Å². The van der Waals surface area contributed by atoms with Crippen LogP contribution in [0.1, 0.15) is 51.9 Å². The van der Waals surface area contributed by atoms with Crippen molar-refractivity contribution in [1.82, 2.24) is 20.0 Å². The summed E-state index contributed by atoms with van der Waals surface area (Å²) in [6.07, 6.45) is 3.33. The van der Waals surface area contributed by atoms with Crippen molar-refractivity contribution in [3.63, 3.8) is 0 Å². The van der Waals surface area contributed by atoms with Crippen LogP contribution in [0.4, 0.5) is 0 Å². The van der Waals surface area contributed by atoms with Crippen LogP contribution < -0.4 is 5.32 Å². The van der Waals surface area contributed by atoms with Crippen LogP contribution in [-0.2, 0) is 20.0 Å². The fourth-order valence-corrected chi connectivity index (χ4v) is 4.16. The Balaban J connectivity index is 2.28. The van der Waals surface area contributed by atoms with Crippen molar-refractivity contribution in [2.75, 3.05) is 13.1 Å². The Morgan fingerprint density at radius 3 is 2.52 bits per heavy atom. The molecule has 1 aliphatic rings. The van der Waals surface area contributed by atoms with Gasteiger partial charge in [-0.2, -0.15) is 5.10 Å². The summed E-state index contributed by atoms with van der Waals surface area (Å²) >= 11 is 3.76. The molecule has 0 spiro atoms. The zero-order valence-electron chi connectivity index (χ0n) is 14.0. The molecule has 2 heterocycles. The Kier molecular flexibility index (Phi) is 5.49. The summed E-state index contributed by atoms with van der Waals surface area (Å²) in [5.41, 5.74) is 2.73. The van der Waals surface area contributed by atoms with Gasteiger partial charge >= 0.3 is 0 Å². The highest BCUT2D eigenvalue weighted by molar-refractivity contribution is 9.10. The van der Waals surface area contributed by atoms with Crippen LogP contribution >= 0.6 is 15.9 Å². The summed E-state index contributed by atoms with van der Waals surface area (Å²) < 4.78 is 3.24. The third kappa shape index (κ3) is 3.20. The van der Waals surface area contributed by atoms with Crippen molar-refractivity contribution in [2.45, 2.75) is 65.1 Å². The summed E-state index contributed by atoms with van der Waals surface area (Å²) in [4.78, 5) is 2.66. The van der Waals surface area contributed by atoms with Crippen LogP contribution in [0.3, 0.4) is 0 Å². The molecule has 4 nitrogen and oxygen atoms in total. The predicted octanol–water partition coefficient (Wildman–Crippen LogP) is 3.10. The van der Waals surface area contributed by atoms with Gasteiger partial charge in [-0.1, -0.05) is 20.8 Å². The second-order valence-electron chi connectivity index (χ2n) is 6.28. The van der Waals surface area contributed by atoms with Gasteiger partial charge in [-0.15, -0.1) is 0 Å². The Labute approximate surface area is 137 Å². The van der Waals surface area contributed by atoms with Crippen molar-refractivity contribution < 1.29 is 0 Å². The standard InChI is InChI=1S/C16H29BrN4/c1-6-13-15(17)14(20(5)19-13)10-21-9-12(4)18-11-16(21,7-2)8-3/h12,18H,6-11H2,1-5H3. The van der Waals surface area contributed by atoms with E-state index in [9.17, 15) is 0 Å². The van der Waals surface area contributed by atoms with Crippen molar-refractivity contribution in [3.8, 4) is 0 Å². The Bertz CT molecular complexity index is 479. The van der Waals surface area contributed by atoms with E-state index in [0.29, 0.717) is 6.04 Å². The van der Waals surface area contributed by atoms with Crippen LogP contribution in [0.5, 0.6) is 0 Å². The fourth-order valence-electron chi connectivity index (χ4n) is 3.42. The van der Waals surface area contributed by atoms with Crippen molar-refractivity contribution in [3.05, 3.63) is 15.9 Å². The van der Waals surface area contributed by atoms with E-state index < -0.39 is 0 Å². The predicted molar refractivity (Wildman–Crippen MR) is 91.5 cm³/mol. The van der Waals surface area contributed by atoms with E-state index in [0.717, 1.165) is 31.7 Å². The maximum Gasteiger partial charge on any atom is 0.0767 e. The molecule has 1 saturated heterocycles. The van der Waals surface area contributed by atoms with Gasteiger partial charge < -0.3 is 5.32 Å². The SMILES string of the molecule is CCc1nn(C)c(CN2CC(C)NCC2(CC)CC)c1Br. The van der Waals surface area contributed by atoms with Gasteiger partial charge in [0.25, 0.3) is 0 Å². The normalized spacial score (nSPS) is 22.7. The van der Waals surface area contributed by atoms with E-state index in [1.54, 1.807) is 0 Å². The monoisotopic (exact) mass is 356 g/mol. The first-order chi connectivity index (χ1) is 9.97. The minimum atomic E-state index is 0.266. The van der Waals surface area contributed by atoms with Gasteiger partial charge in [0, 0.05) is 38.3 Å². The summed E-state index contributed by atoms with van der Waals surface area (Å²) in [7, 11) is 2.06. The molecular weight excluding hydrogens is 328 g/mol. The van der Waals surface area contributed by atoms with Gasteiger partial charge in [0.2, 0.25) is 0 Å². The first kappa shape index (κ1) is 17.0. The van der Waals surface area contributed by atoms with Gasteiger partial charge in [0.05, 0.1) is 15.9 Å². The first-order valence-electron chi connectivity index (χ1n) is 8.16. The molecule has 1 atom stereocenters. The summed E-state index contributed by atoms with van der Waals surface area (Å²) in [6, 6.07) is 0.550. The fraction of sp³-hybridized carbons (Fsp3) is 0.812. The molecule has 1 aromatic heterocycles. The molecule has 1 N–H and O–H groups in total. The second kappa shape index (κ2) is 6.80. The molecule has 1 aromatic rings. The van der Waals surface area contributed by atoms with Crippen molar-refractivity contribution >= 4 is 15.9 Å². The number of hydrogen-bond acceptors (Lipinski definition) is 3. The van der Waals surface area contributed by atoms with Crippen molar-refractivity contribution in [2.24, 2.45) is 7.05 Å². The molecule has 0 saturated carbocycles. The van der Waals surface area contributed by atoms with Crippen LogP contribution in [0.25, 0.3) is 0 Å². The Morgan fingerprint density at radius 1 is 1.33 bits per heavy atom. The largest absolute Gasteiger partial charge is 0.311 e. The number of hydrogen-bond donors (Lipinski definition) is 1. The van der Waals surface area contributed by atoms with Gasteiger partial charge in [-0.25, -0.2) is 0 Å². The number of aromatic nitrogens is 2. The summed E-state index contributed by atoms with van der Waals surface area (Å²) in [5, 5.41) is 8.30. The third-order valence-electron chi connectivity index (χ3n) is 5.10. The minimum Gasteiger partial charge on any atom is -0.311 e. The van der Waals surface area contributed by atoms with Gasteiger partial charge in [-0.3, -0.25) is 9.58 Å². The average molecular weight is 357 g/mol. The van der Waals surface area contributed by atoms with Crippen LogP contribution in [0.15, 0.2) is 4.47 Å². The van der Waals surface area contributed by atoms with E-state index in [1.165, 1.54) is 23.0 Å². The van der Waals surface area contributed by atoms with E-state index in [-0.39, 0.29) is 5.54 Å². The highest BCUT2D eigenvalue weighted by atomic mass is 79.9. The molecular formula is C16H29BrN4. The molecule has 0 radical (unpaired) electrons. The molecule has 0 bridgehead atoms. The number of nitrogens with zero attached hydrogens (tertiary/aromatic N) is 3. The lowest BCUT2D eigenvalue weighted by Gasteiger charge is -2.49. The summed E-state index contributed by atoms with van der Waals surface area (Å²) in [6.45, 7) is 12.2. The molecule has 1 fully saturated rings. The molecule has 0 aromatic carbocycles. The van der Waals surface area contributed by atoms with E-state index >= 15 is 0 Å². The Morgan fingerprint density at radius 2 is 2.00 bits per heavy atom. The molecule has 1 aliphatic heterocycles. The quantitative estimate of drug-likeness (QED) is 0.879. The number of rotatable bonds is 5. The van der Waals surface area contributed by atoms with Crippen LogP contribution in [-0.4, -0.2) is 39.4 Å². The second-order valence-corrected chi connectivity index (χ2v) is 7.07. The topological polar surface area (TPSA) is 33.1 Å². The molecule has 1 unspecified atom stereocenters. The molecule has 120 valence electrons. The molecule has 2 rings (SSSR count). The average Bonchev–Trinajstić information content (AvgIpc) is 2.76. The highest BCUT2D eigenvalue weighted by Crippen LogP contribution is 2.31. The first-order valence-corrected chi connectivity index (χ1v) is 8.95. The maximum atomic E-state index is 4.64. The third-order valence-corrected chi connectivity index (χ3v) is 6.02. The zero-order valence-corrected chi connectivity index (χ0v) is 15.6. The van der Waals surface area contributed by atoms with Crippen LogP contribution in [0, 0.1) is 0 Å². The van der Waals surface area contributed by atoms with E-state index in [4.69, 9.17) is 0 Å². The summed E-state index contributed by atoms with van der Waals surface area (Å²) in [5.74, 6) is 0. The van der Waals surface area contributed by atoms with Gasteiger partial charge in [0.15, 0.2) is 0 Å². The van der Waals surface area contributed by atoms with Gasteiger partial charge in [0.1, 0.15) is 0 Å². The molecule has 0 aliphatic carbocycles. The smallest absolute Gasteiger partial charge is 0.0767 e. The lowest BCUT2D eigenvalue weighted by molar-refractivity contribution is 0.0258. The maximum absolute atomic E-state index is 4.64. The zero-order chi connectivity index (χ0) is 15.6. The number of nitrogens with one attached hydrogen (secondary N) is 1. The van der Waals surface area contributed by atoms with Gasteiger partial charge in [-0.05, 0) is 42.1 Å². The number of aryl methyl sites for hydroxylation is 2. The molecule has 21 heavy (non-hydrogen) atoms. The minimum absolute atomic E-state index is 0.266. The van der Waals surface area contributed by atoms with E-state index in [2.05, 4.69) is 66.0 Å². The van der Waals surface area contributed by atoms with E-state index in [1.807, 2.05) is 4.68 Å². The number of halogens is 1. The Hall–Kier alpha value is -0.390. The van der Waals surface area contributed by atoms with Crippen LogP contribution in [0.2, 0.25) is 0 Å². The molecule has 5 heteroatoms. The highest BCUT2D eigenvalue weighted by Gasteiger charge is 2.38. The lowest BCUT2D eigenvalue weighted by atomic mass is 9.87. The lowest BCUT2D eigenvalue weighted by Crippen LogP contribution is -2.63. The number of piperazine rings is 1.